The van der Waals surface area contributed by atoms with Gasteiger partial charge in [-0.1, -0.05) is 12.1 Å². The Morgan fingerprint density at radius 2 is 2.03 bits per heavy atom. The maximum Gasteiger partial charge on any atom is 0.276 e. The van der Waals surface area contributed by atoms with E-state index in [-0.39, 0.29) is 22.7 Å². The Bertz CT molecular complexity index is 1600. The van der Waals surface area contributed by atoms with Gasteiger partial charge in [-0.15, -0.1) is 11.3 Å². The van der Waals surface area contributed by atoms with Crippen LogP contribution in [-0.4, -0.2) is 34.4 Å². The van der Waals surface area contributed by atoms with Crippen molar-refractivity contribution in [2.24, 2.45) is 0 Å². The quantitative estimate of drug-likeness (QED) is 0.314. The number of rotatable bonds is 6. The third-order valence-electron chi connectivity index (χ3n) is 5.24. The summed E-state index contributed by atoms with van der Waals surface area (Å²) in [6.45, 7) is 1.87. The third-order valence-corrected chi connectivity index (χ3v) is 6.59. The molecule has 5 aromatic rings. The van der Waals surface area contributed by atoms with Crippen LogP contribution in [0.2, 0.25) is 0 Å². The fraction of sp³-hybridized carbons (Fsp3) is 0.0833. The van der Waals surface area contributed by atoms with E-state index < -0.39 is 22.8 Å². The molecule has 2 aromatic carbocycles. The molecule has 1 amide bonds. The van der Waals surface area contributed by atoms with Crippen molar-refractivity contribution in [1.82, 2.24) is 19.7 Å². The second-order valence-electron chi connectivity index (χ2n) is 7.72. The summed E-state index contributed by atoms with van der Waals surface area (Å²) < 4.78 is 36.8. The molecule has 11 heteroatoms. The van der Waals surface area contributed by atoms with Crippen LogP contribution in [0, 0.1) is 12.7 Å². The summed E-state index contributed by atoms with van der Waals surface area (Å²) in [5.74, 6) is -0.967. The third kappa shape index (κ3) is 4.87. The molecule has 0 aliphatic carbocycles. The first-order chi connectivity index (χ1) is 16.9. The summed E-state index contributed by atoms with van der Waals surface area (Å²) in [5.41, 5.74) is 5.40. The number of carbonyl (C=O) groups excluding carboxylic acids is 1. The highest BCUT2D eigenvalue weighted by molar-refractivity contribution is 7.78. The molecule has 3 aromatic heterocycles. The highest BCUT2D eigenvalue weighted by Gasteiger charge is 2.19. The molecule has 0 bridgehead atoms. The van der Waals surface area contributed by atoms with E-state index in [4.69, 9.17) is 4.55 Å². The molecule has 176 valence electrons. The first-order valence-corrected chi connectivity index (χ1v) is 12.6. The molecule has 1 unspecified atom stereocenters. The lowest BCUT2D eigenvalue weighted by Crippen LogP contribution is -2.14. The summed E-state index contributed by atoms with van der Waals surface area (Å²) in [6.07, 6.45) is 0. The van der Waals surface area contributed by atoms with Crippen molar-refractivity contribution in [1.29, 1.82) is 0 Å². The van der Waals surface area contributed by atoms with Gasteiger partial charge in [0.2, 0.25) is 0 Å². The second kappa shape index (κ2) is 9.45. The summed E-state index contributed by atoms with van der Waals surface area (Å²) in [7, 11) is 0. The minimum absolute atomic E-state index is 0.0247. The molecule has 8 nitrogen and oxygen atoms in total. The van der Waals surface area contributed by atoms with Gasteiger partial charge in [0.1, 0.15) is 5.82 Å². The second-order valence-corrected chi connectivity index (χ2v) is 9.54. The van der Waals surface area contributed by atoms with E-state index in [1.54, 1.807) is 22.3 Å². The van der Waals surface area contributed by atoms with Gasteiger partial charge in [0.15, 0.2) is 22.6 Å². The standard InChI is InChI=1S/C24H18FN5O3S2/c1-14-3-2-4-23(27-14)30-21(15-5-8-19-22(10-15)34-13-26-19)11-20(29-30)24(31)28-17-6-7-18(25)16(9-17)12-35(32)33/h2-11,13H,12H2,1H3,(H,28,31)(H,32,33). The zero-order chi connectivity index (χ0) is 24.5. The molecule has 0 radical (unpaired) electrons. The fourth-order valence-electron chi connectivity index (χ4n) is 3.62. The van der Waals surface area contributed by atoms with E-state index >= 15 is 0 Å². The molecule has 1 atom stereocenters. The van der Waals surface area contributed by atoms with E-state index in [1.807, 2.05) is 37.3 Å². The van der Waals surface area contributed by atoms with Gasteiger partial charge in [0.05, 0.1) is 27.2 Å². The van der Waals surface area contributed by atoms with Crippen molar-refractivity contribution in [3.63, 3.8) is 0 Å². The Morgan fingerprint density at radius 3 is 2.83 bits per heavy atom. The fourth-order valence-corrected chi connectivity index (χ4v) is 4.83. The Kier molecular flexibility index (Phi) is 6.20. The maximum absolute atomic E-state index is 14.0. The van der Waals surface area contributed by atoms with Crippen molar-refractivity contribution >= 4 is 44.2 Å². The average molecular weight is 508 g/mol. The number of hydrogen-bond acceptors (Lipinski definition) is 6. The van der Waals surface area contributed by atoms with Gasteiger partial charge in [0.25, 0.3) is 5.91 Å². The number of carbonyl (C=O) groups is 1. The lowest BCUT2D eigenvalue weighted by molar-refractivity contribution is 0.102. The predicted octanol–water partition coefficient (Wildman–Crippen LogP) is 4.97. The van der Waals surface area contributed by atoms with Gasteiger partial charge in [-0.05, 0) is 55.5 Å². The van der Waals surface area contributed by atoms with Crippen LogP contribution in [0.3, 0.4) is 0 Å². The zero-order valence-corrected chi connectivity index (χ0v) is 19.9. The number of hydrogen-bond donors (Lipinski definition) is 2. The molecular weight excluding hydrogens is 489 g/mol. The van der Waals surface area contributed by atoms with Gasteiger partial charge >= 0.3 is 0 Å². The van der Waals surface area contributed by atoms with Crippen molar-refractivity contribution in [2.75, 3.05) is 5.32 Å². The molecule has 0 spiro atoms. The van der Waals surface area contributed by atoms with Crippen LogP contribution in [0.15, 0.2) is 66.2 Å². The van der Waals surface area contributed by atoms with Crippen LogP contribution in [0.5, 0.6) is 0 Å². The first kappa shape index (κ1) is 23.0. The highest BCUT2D eigenvalue weighted by Crippen LogP contribution is 2.29. The number of amides is 1. The van der Waals surface area contributed by atoms with Crippen LogP contribution in [-0.2, 0) is 16.8 Å². The maximum atomic E-state index is 14.0. The number of thiazole rings is 1. The number of anilines is 1. The number of aryl methyl sites for hydroxylation is 1. The Labute approximate surface area is 205 Å². The first-order valence-electron chi connectivity index (χ1n) is 10.4. The monoisotopic (exact) mass is 507 g/mol. The molecule has 5 rings (SSSR count). The lowest BCUT2D eigenvalue weighted by Gasteiger charge is -2.07. The number of benzene rings is 2. The van der Waals surface area contributed by atoms with Gasteiger partial charge < -0.3 is 9.87 Å². The van der Waals surface area contributed by atoms with Gasteiger partial charge in [0, 0.05) is 22.5 Å². The number of fused-ring (bicyclic) bond motifs is 1. The molecule has 0 saturated heterocycles. The van der Waals surface area contributed by atoms with E-state index in [0.29, 0.717) is 11.5 Å². The van der Waals surface area contributed by atoms with Crippen LogP contribution >= 0.6 is 11.3 Å². The Hall–Kier alpha value is -3.80. The predicted molar refractivity (Wildman–Crippen MR) is 134 cm³/mol. The minimum Gasteiger partial charge on any atom is -0.321 e. The lowest BCUT2D eigenvalue weighted by atomic mass is 10.1. The summed E-state index contributed by atoms with van der Waals surface area (Å²) in [6, 6.07) is 16.9. The number of pyridine rings is 1. The van der Waals surface area contributed by atoms with Crippen molar-refractivity contribution in [2.45, 2.75) is 12.7 Å². The largest absolute Gasteiger partial charge is 0.321 e. The smallest absolute Gasteiger partial charge is 0.276 e. The van der Waals surface area contributed by atoms with Gasteiger partial charge in [-0.25, -0.2) is 23.2 Å². The Balaban J connectivity index is 1.54. The number of aromatic nitrogens is 4. The van der Waals surface area contributed by atoms with E-state index in [1.165, 1.54) is 23.5 Å². The van der Waals surface area contributed by atoms with Crippen molar-refractivity contribution < 1.29 is 17.9 Å². The van der Waals surface area contributed by atoms with Crippen LogP contribution in [0.25, 0.3) is 27.3 Å². The molecule has 0 aliphatic rings. The van der Waals surface area contributed by atoms with Crippen LogP contribution in [0.1, 0.15) is 21.7 Å². The van der Waals surface area contributed by atoms with Crippen molar-refractivity contribution in [3.8, 4) is 17.1 Å². The van der Waals surface area contributed by atoms with Crippen LogP contribution < -0.4 is 5.32 Å². The Morgan fingerprint density at radius 1 is 1.17 bits per heavy atom. The minimum atomic E-state index is -2.21. The van der Waals surface area contributed by atoms with Gasteiger partial charge in [-0.3, -0.25) is 4.79 Å². The SMILES string of the molecule is Cc1cccc(-n2nc(C(=O)Nc3ccc(F)c(CS(=O)O)c3)cc2-c2ccc3ncsc3c2)n1. The summed E-state index contributed by atoms with van der Waals surface area (Å²) in [5, 5.41) is 7.21. The van der Waals surface area contributed by atoms with E-state index in [2.05, 4.69) is 20.4 Å². The summed E-state index contributed by atoms with van der Waals surface area (Å²) >= 11 is -0.698. The molecular formula is C24H18FN5O3S2. The highest BCUT2D eigenvalue weighted by atomic mass is 32.2. The van der Waals surface area contributed by atoms with E-state index in [0.717, 1.165) is 27.5 Å². The number of nitrogens with zero attached hydrogens (tertiary/aromatic N) is 4. The number of nitrogens with one attached hydrogen (secondary N) is 1. The molecule has 0 saturated carbocycles. The topological polar surface area (TPSA) is 110 Å². The van der Waals surface area contributed by atoms with E-state index in [9.17, 15) is 13.4 Å². The molecule has 2 N–H and O–H groups in total. The molecule has 35 heavy (non-hydrogen) atoms. The zero-order valence-electron chi connectivity index (χ0n) is 18.3. The molecule has 0 fully saturated rings. The normalized spacial score (nSPS) is 12.1. The molecule has 3 heterocycles. The summed E-state index contributed by atoms with van der Waals surface area (Å²) in [4.78, 5) is 21.9. The van der Waals surface area contributed by atoms with Gasteiger partial charge in [-0.2, -0.15) is 5.10 Å². The number of halogens is 1. The molecule has 0 aliphatic heterocycles. The average Bonchev–Trinajstić information content (AvgIpc) is 3.48. The van der Waals surface area contributed by atoms with Crippen molar-refractivity contribution in [3.05, 3.63) is 88.9 Å². The van der Waals surface area contributed by atoms with Crippen LogP contribution in [0.4, 0.5) is 10.1 Å².